The molecule has 0 spiro atoms. The van der Waals surface area contributed by atoms with Gasteiger partial charge < -0.3 is 14.7 Å². The summed E-state index contributed by atoms with van der Waals surface area (Å²) in [5, 5.41) is 8.89. The largest absolute Gasteiger partial charge is 0.494 e. The maximum atomic E-state index is 13.2. The van der Waals surface area contributed by atoms with Crippen molar-refractivity contribution in [3.8, 4) is 5.75 Å². The normalized spacial score (nSPS) is 9.94. The summed E-state index contributed by atoms with van der Waals surface area (Å²) >= 11 is 0. The third-order valence-corrected chi connectivity index (χ3v) is 2.40. The van der Waals surface area contributed by atoms with Crippen molar-refractivity contribution in [3.63, 3.8) is 0 Å². The van der Waals surface area contributed by atoms with Gasteiger partial charge in [0.1, 0.15) is 0 Å². The monoisotopic (exact) mass is 253 g/mol. The van der Waals surface area contributed by atoms with Gasteiger partial charge in [-0.15, -0.1) is 6.58 Å². The molecule has 1 N–H and O–H groups in total. The van der Waals surface area contributed by atoms with Crippen LogP contribution in [0.15, 0.2) is 30.9 Å². The number of halogens is 1. The van der Waals surface area contributed by atoms with Crippen LogP contribution in [0, 0.1) is 5.82 Å². The van der Waals surface area contributed by atoms with E-state index in [4.69, 9.17) is 9.84 Å². The van der Waals surface area contributed by atoms with E-state index in [9.17, 15) is 9.18 Å². The molecule has 0 aliphatic rings. The number of methoxy groups -OCH3 is 1. The van der Waals surface area contributed by atoms with Crippen LogP contribution in [0.3, 0.4) is 0 Å². The minimum atomic E-state index is -0.522. The summed E-state index contributed by atoms with van der Waals surface area (Å²) < 4.78 is 18.0. The van der Waals surface area contributed by atoms with Crippen LogP contribution in [0.1, 0.15) is 10.4 Å². The molecule has 0 saturated heterocycles. The molecular weight excluding hydrogens is 237 g/mol. The van der Waals surface area contributed by atoms with Crippen molar-refractivity contribution in [2.75, 3.05) is 26.8 Å². The Hall–Kier alpha value is -1.88. The van der Waals surface area contributed by atoms with Crippen molar-refractivity contribution in [1.29, 1.82) is 0 Å². The Kier molecular flexibility index (Phi) is 5.32. The van der Waals surface area contributed by atoms with E-state index >= 15 is 0 Å². The van der Waals surface area contributed by atoms with Gasteiger partial charge in [0.05, 0.1) is 13.7 Å². The fourth-order valence-electron chi connectivity index (χ4n) is 1.53. The highest BCUT2D eigenvalue weighted by Crippen LogP contribution is 2.19. The van der Waals surface area contributed by atoms with E-state index in [0.29, 0.717) is 12.1 Å². The molecule has 1 amide bonds. The number of rotatable bonds is 6. The van der Waals surface area contributed by atoms with Crippen molar-refractivity contribution >= 4 is 5.91 Å². The van der Waals surface area contributed by atoms with Gasteiger partial charge in [-0.3, -0.25) is 4.79 Å². The van der Waals surface area contributed by atoms with Crippen molar-refractivity contribution < 1.29 is 19.0 Å². The second-order valence-corrected chi connectivity index (χ2v) is 3.61. The van der Waals surface area contributed by atoms with Crippen LogP contribution >= 0.6 is 0 Å². The van der Waals surface area contributed by atoms with E-state index in [-0.39, 0.29) is 24.8 Å². The molecule has 1 rings (SSSR count). The van der Waals surface area contributed by atoms with Crippen molar-refractivity contribution in [2.24, 2.45) is 0 Å². The molecule has 0 radical (unpaired) electrons. The molecule has 0 unspecified atom stereocenters. The van der Waals surface area contributed by atoms with Gasteiger partial charge in [-0.1, -0.05) is 6.08 Å². The summed E-state index contributed by atoms with van der Waals surface area (Å²) in [6.07, 6.45) is 1.56. The zero-order chi connectivity index (χ0) is 13.5. The van der Waals surface area contributed by atoms with Crippen LogP contribution in [0.25, 0.3) is 0 Å². The number of aliphatic hydroxyl groups is 1. The van der Waals surface area contributed by atoms with Gasteiger partial charge in [0.2, 0.25) is 0 Å². The molecule has 0 fully saturated rings. The molecule has 0 heterocycles. The first-order valence-corrected chi connectivity index (χ1v) is 5.48. The lowest BCUT2D eigenvalue weighted by Crippen LogP contribution is -2.33. The molecule has 0 atom stereocenters. The maximum Gasteiger partial charge on any atom is 0.254 e. The fraction of sp³-hybridized carbons (Fsp3) is 0.308. The van der Waals surface area contributed by atoms with E-state index in [1.165, 1.54) is 30.2 Å². The number of hydrogen-bond acceptors (Lipinski definition) is 3. The first-order chi connectivity index (χ1) is 8.63. The molecule has 4 nitrogen and oxygen atoms in total. The van der Waals surface area contributed by atoms with E-state index in [0.717, 1.165) is 0 Å². The van der Waals surface area contributed by atoms with Gasteiger partial charge in [0, 0.05) is 18.7 Å². The summed E-state index contributed by atoms with van der Waals surface area (Å²) in [4.78, 5) is 13.5. The summed E-state index contributed by atoms with van der Waals surface area (Å²) in [6, 6.07) is 3.90. The molecule has 98 valence electrons. The average Bonchev–Trinajstić information content (AvgIpc) is 2.38. The predicted octanol–water partition coefficient (Wildman–Crippen LogP) is 1.45. The zero-order valence-corrected chi connectivity index (χ0v) is 10.2. The van der Waals surface area contributed by atoms with E-state index in [1.807, 2.05) is 0 Å². The summed E-state index contributed by atoms with van der Waals surface area (Å²) in [6.45, 7) is 3.92. The Morgan fingerprint density at radius 3 is 2.89 bits per heavy atom. The highest BCUT2D eigenvalue weighted by molar-refractivity contribution is 5.94. The zero-order valence-electron chi connectivity index (χ0n) is 10.2. The topological polar surface area (TPSA) is 49.8 Å². The van der Waals surface area contributed by atoms with E-state index < -0.39 is 5.82 Å². The Morgan fingerprint density at radius 2 is 2.33 bits per heavy atom. The standard InChI is InChI=1S/C13H16FNO3/c1-3-6-15(7-8-16)13(17)10-4-5-11(14)12(9-10)18-2/h3-5,9,16H,1,6-8H2,2H3. The number of hydrogen-bond donors (Lipinski definition) is 1. The SMILES string of the molecule is C=CCN(CCO)C(=O)c1ccc(F)c(OC)c1. The molecule has 0 aliphatic heterocycles. The van der Waals surface area contributed by atoms with Crippen molar-refractivity contribution in [1.82, 2.24) is 4.90 Å². The van der Waals surface area contributed by atoms with Gasteiger partial charge in [-0.25, -0.2) is 4.39 Å². The molecule has 0 aromatic heterocycles. The predicted molar refractivity (Wildman–Crippen MR) is 66.1 cm³/mol. The minimum Gasteiger partial charge on any atom is -0.494 e. The molecule has 5 heteroatoms. The van der Waals surface area contributed by atoms with Gasteiger partial charge >= 0.3 is 0 Å². The summed E-state index contributed by atoms with van der Waals surface area (Å²) in [5.74, 6) is -0.808. The van der Waals surface area contributed by atoms with Crippen molar-refractivity contribution in [3.05, 3.63) is 42.2 Å². The lowest BCUT2D eigenvalue weighted by atomic mass is 10.1. The minimum absolute atomic E-state index is 0.0170. The van der Waals surface area contributed by atoms with Crippen LogP contribution in [-0.2, 0) is 0 Å². The first-order valence-electron chi connectivity index (χ1n) is 5.48. The maximum absolute atomic E-state index is 13.2. The van der Waals surface area contributed by atoms with Crippen LogP contribution in [0.5, 0.6) is 5.75 Å². The van der Waals surface area contributed by atoms with E-state index in [1.54, 1.807) is 6.08 Å². The Labute approximate surface area is 105 Å². The highest BCUT2D eigenvalue weighted by Gasteiger charge is 2.16. The second-order valence-electron chi connectivity index (χ2n) is 3.61. The number of aliphatic hydroxyl groups excluding tert-OH is 1. The highest BCUT2D eigenvalue weighted by atomic mass is 19.1. The summed E-state index contributed by atoms with van der Waals surface area (Å²) in [5.41, 5.74) is 0.309. The molecule has 1 aromatic carbocycles. The Balaban J connectivity index is 2.96. The van der Waals surface area contributed by atoms with Gasteiger partial charge in [0.25, 0.3) is 5.91 Å². The molecule has 0 saturated carbocycles. The van der Waals surface area contributed by atoms with Gasteiger partial charge in [-0.2, -0.15) is 0 Å². The summed E-state index contributed by atoms with van der Waals surface area (Å²) in [7, 11) is 1.34. The number of ether oxygens (including phenoxy) is 1. The third kappa shape index (κ3) is 3.30. The lowest BCUT2D eigenvalue weighted by molar-refractivity contribution is 0.0742. The first kappa shape index (κ1) is 14.2. The number of benzene rings is 1. The van der Waals surface area contributed by atoms with Crippen LogP contribution in [-0.4, -0.2) is 42.7 Å². The van der Waals surface area contributed by atoms with Crippen LogP contribution < -0.4 is 4.74 Å². The number of nitrogens with zero attached hydrogens (tertiary/aromatic N) is 1. The lowest BCUT2D eigenvalue weighted by Gasteiger charge is -2.20. The molecular formula is C13H16FNO3. The van der Waals surface area contributed by atoms with Crippen LogP contribution in [0.4, 0.5) is 4.39 Å². The number of carbonyl (C=O) groups is 1. The Morgan fingerprint density at radius 1 is 1.61 bits per heavy atom. The van der Waals surface area contributed by atoms with Gasteiger partial charge in [-0.05, 0) is 18.2 Å². The Bertz CT molecular complexity index is 434. The second kappa shape index (κ2) is 6.76. The number of carbonyl (C=O) groups excluding carboxylic acids is 1. The van der Waals surface area contributed by atoms with Gasteiger partial charge in [0.15, 0.2) is 11.6 Å². The van der Waals surface area contributed by atoms with Crippen LogP contribution in [0.2, 0.25) is 0 Å². The smallest absolute Gasteiger partial charge is 0.254 e. The molecule has 18 heavy (non-hydrogen) atoms. The average molecular weight is 253 g/mol. The number of amides is 1. The molecule has 1 aromatic rings. The third-order valence-electron chi connectivity index (χ3n) is 2.40. The quantitative estimate of drug-likeness (QED) is 0.781. The van der Waals surface area contributed by atoms with Crippen molar-refractivity contribution in [2.45, 2.75) is 0 Å². The molecule has 0 bridgehead atoms. The molecule has 0 aliphatic carbocycles. The fourth-order valence-corrected chi connectivity index (χ4v) is 1.53. The van der Waals surface area contributed by atoms with E-state index in [2.05, 4.69) is 6.58 Å².